The van der Waals surface area contributed by atoms with Gasteiger partial charge in [-0.15, -0.1) is 0 Å². The van der Waals surface area contributed by atoms with E-state index in [0.29, 0.717) is 6.54 Å². The summed E-state index contributed by atoms with van der Waals surface area (Å²) in [6.07, 6.45) is 1.87. The van der Waals surface area contributed by atoms with Crippen molar-refractivity contribution in [1.82, 2.24) is 10.2 Å². The van der Waals surface area contributed by atoms with E-state index in [1.54, 1.807) is 6.92 Å². The van der Waals surface area contributed by atoms with Crippen molar-refractivity contribution < 1.29 is 17.9 Å². The summed E-state index contributed by atoms with van der Waals surface area (Å²) in [6, 6.07) is 0. The van der Waals surface area contributed by atoms with Gasteiger partial charge in [0.15, 0.2) is 9.84 Å². The average molecular weight is 292 g/mol. The van der Waals surface area contributed by atoms with E-state index in [1.807, 2.05) is 0 Å². The molecule has 7 heteroatoms. The Morgan fingerprint density at radius 2 is 1.95 bits per heavy atom. The lowest BCUT2D eigenvalue weighted by molar-refractivity contribution is -0.118. The monoisotopic (exact) mass is 292 g/mol. The quantitative estimate of drug-likeness (QED) is 0.619. The van der Waals surface area contributed by atoms with Gasteiger partial charge in [-0.1, -0.05) is 6.92 Å². The second-order valence-corrected chi connectivity index (χ2v) is 7.04. The highest BCUT2D eigenvalue weighted by Crippen LogP contribution is 1.99. The Morgan fingerprint density at radius 1 is 1.26 bits per heavy atom. The molecular formula is C12H24N2O4S. The van der Waals surface area contributed by atoms with Crippen LogP contribution in [0.2, 0.25) is 0 Å². The highest BCUT2D eigenvalue weighted by atomic mass is 32.2. The van der Waals surface area contributed by atoms with E-state index >= 15 is 0 Å². The van der Waals surface area contributed by atoms with Gasteiger partial charge in [-0.05, 0) is 19.4 Å². The summed E-state index contributed by atoms with van der Waals surface area (Å²) in [4.78, 5) is 13.7. The predicted molar refractivity (Wildman–Crippen MR) is 73.8 cm³/mol. The number of morpholine rings is 1. The fourth-order valence-corrected chi connectivity index (χ4v) is 2.57. The number of carbonyl (C=O) groups excluding carboxylic acids is 1. The molecule has 1 aliphatic heterocycles. The fraction of sp³-hybridized carbons (Fsp3) is 0.917. The molecule has 1 N–H and O–H groups in total. The van der Waals surface area contributed by atoms with Gasteiger partial charge in [0.25, 0.3) is 0 Å². The van der Waals surface area contributed by atoms with E-state index in [2.05, 4.69) is 10.2 Å². The molecule has 0 unspecified atom stereocenters. The summed E-state index contributed by atoms with van der Waals surface area (Å²) < 4.78 is 27.7. The Bertz CT molecular complexity index is 364. The Balaban J connectivity index is 2.02. The minimum atomic E-state index is -3.21. The molecule has 0 saturated carbocycles. The number of rotatable bonds is 8. The second-order valence-electron chi connectivity index (χ2n) is 4.69. The number of carbonyl (C=O) groups is 1. The van der Waals surface area contributed by atoms with E-state index in [1.165, 1.54) is 0 Å². The van der Waals surface area contributed by atoms with Gasteiger partial charge in [0.1, 0.15) is 5.75 Å². The van der Waals surface area contributed by atoms with E-state index in [0.717, 1.165) is 45.7 Å². The van der Waals surface area contributed by atoms with Gasteiger partial charge in [0, 0.05) is 25.4 Å². The topological polar surface area (TPSA) is 75.7 Å². The maximum Gasteiger partial charge on any atom is 0.235 e. The SMILES string of the molecule is CCS(=O)(=O)CC(=O)NCCCCN1CCOCC1. The molecule has 1 fully saturated rings. The molecule has 0 aliphatic carbocycles. The van der Waals surface area contributed by atoms with Crippen LogP contribution in [0.4, 0.5) is 0 Å². The summed E-state index contributed by atoms with van der Waals surface area (Å²) in [5.41, 5.74) is 0. The molecule has 0 bridgehead atoms. The fourth-order valence-electron chi connectivity index (χ4n) is 1.87. The van der Waals surface area contributed by atoms with Crippen LogP contribution in [-0.4, -0.2) is 70.1 Å². The number of hydrogen-bond acceptors (Lipinski definition) is 5. The van der Waals surface area contributed by atoms with Crippen molar-refractivity contribution in [2.45, 2.75) is 19.8 Å². The molecule has 0 spiro atoms. The number of nitrogens with zero attached hydrogens (tertiary/aromatic N) is 1. The van der Waals surface area contributed by atoms with Crippen LogP contribution in [0, 0.1) is 0 Å². The van der Waals surface area contributed by atoms with Crippen LogP contribution in [0.25, 0.3) is 0 Å². The number of nitrogens with one attached hydrogen (secondary N) is 1. The summed E-state index contributed by atoms with van der Waals surface area (Å²) in [5.74, 6) is -0.780. The van der Waals surface area contributed by atoms with Crippen molar-refractivity contribution in [1.29, 1.82) is 0 Å². The molecule has 0 aromatic heterocycles. The molecule has 0 aromatic carbocycles. The number of unbranched alkanes of at least 4 members (excludes halogenated alkanes) is 1. The van der Waals surface area contributed by atoms with Gasteiger partial charge in [0.2, 0.25) is 5.91 Å². The van der Waals surface area contributed by atoms with E-state index in [-0.39, 0.29) is 5.75 Å². The third-order valence-corrected chi connectivity index (χ3v) is 4.70. The molecule has 1 aliphatic rings. The minimum Gasteiger partial charge on any atom is -0.379 e. The highest BCUT2D eigenvalue weighted by Gasteiger charge is 2.13. The first kappa shape index (κ1) is 16.4. The zero-order valence-electron chi connectivity index (χ0n) is 11.6. The van der Waals surface area contributed by atoms with Gasteiger partial charge in [-0.25, -0.2) is 8.42 Å². The molecule has 19 heavy (non-hydrogen) atoms. The van der Waals surface area contributed by atoms with Crippen molar-refractivity contribution in [3.63, 3.8) is 0 Å². The largest absolute Gasteiger partial charge is 0.379 e. The second kappa shape index (κ2) is 8.50. The zero-order valence-corrected chi connectivity index (χ0v) is 12.4. The third-order valence-electron chi connectivity index (χ3n) is 3.12. The van der Waals surface area contributed by atoms with Crippen LogP contribution in [0.1, 0.15) is 19.8 Å². The van der Waals surface area contributed by atoms with Crippen molar-refractivity contribution in [3.8, 4) is 0 Å². The summed E-state index contributed by atoms with van der Waals surface area (Å²) >= 11 is 0. The van der Waals surface area contributed by atoms with Crippen molar-refractivity contribution in [2.24, 2.45) is 0 Å². The smallest absolute Gasteiger partial charge is 0.235 e. The molecule has 1 amide bonds. The third kappa shape index (κ3) is 7.49. The maximum absolute atomic E-state index is 11.4. The molecule has 6 nitrogen and oxygen atoms in total. The molecule has 1 saturated heterocycles. The number of sulfone groups is 1. The van der Waals surface area contributed by atoms with Crippen LogP contribution in [-0.2, 0) is 19.4 Å². The van der Waals surface area contributed by atoms with Crippen molar-refractivity contribution >= 4 is 15.7 Å². The first-order chi connectivity index (χ1) is 9.03. The lowest BCUT2D eigenvalue weighted by Crippen LogP contribution is -2.37. The summed E-state index contributed by atoms with van der Waals surface area (Å²) in [7, 11) is -3.21. The first-order valence-electron chi connectivity index (χ1n) is 6.81. The van der Waals surface area contributed by atoms with Crippen molar-refractivity contribution in [2.75, 3.05) is 50.9 Å². The van der Waals surface area contributed by atoms with Gasteiger partial charge in [-0.2, -0.15) is 0 Å². The van der Waals surface area contributed by atoms with Crippen LogP contribution >= 0.6 is 0 Å². The number of amides is 1. The van der Waals surface area contributed by atoms with Gasteiger partial charge in [0.05, 0.1) is 13.2 Å². The van der Waals surface area contributed by atoms with E-state index < -0.39 is 21.5 Å². The lowest BCUT2D eigenvalue weighted by atomic mass is 10.2. The van der Waals surface area contributed by atoms with Crippen LogP contribution in [0.5, 0.6) is 0 Å². The average Bonchev–Trinajstić information content (AvgIpc) is 2.39. The Morgan fingerprint density at radius 3 is 2.58 bits per heavy atom. The molecule has 0 aromatic rings. The molecular weight excluding hydrogens is 268 g/mol. The Hall–Kier alpha value is -0.660. The molecule has 112 valence electrons. The summed E-state index contributed by atoms with van der Waals surface area (Å²) in [6.45, 7) is 6.64. The zero-order chi connectivity index (χ0) is 14.1. The highest BCUT2D eigenvalue weighted by molar-refractivity contribution is 7.92. The van der Waals surface area contributed by atoms with E-state index in [4.69, 9.17) is 4.74 Å². The normalized spacial score (nSPS) is 17.3. The van der Waals surface area contributed by atoms with Crippen LogP contribution in [0.3, 0.4) is 0 Å². The molecule has 0 radical (unpaired) electrons. The first-order valence-corrected chi connectivity index (χ1v) is 8.63. The maximum atomic E-state index is 11.4. The number of ether oxygens (including phenoxy) is 1. The predicted octanol–water partition coefficient (Wildman–Crippen LogP) is -0.350. The van der Waals surface area contributed by atoms with Gasteiger partial charge >= 0.3 is 0 Å². The Labute approximate surface area is 115 Å². The lowest BCUT2D eigenvalue weighted by Gasteiger charge is -2.26. The minimum absolute atomic E-state index is 0.0114. The standard InChI is InChI=1S/C12H24N2O4S/c1-2-19(16,17)11-12(15)13-5-3-4-6-14-7-9-18-10-8-14/h2-11H2,1H3,(H,13,15). The van der Waals surface area contributed by atoms with Gasteiger partial charge < -0.3 is 10.1 Å². The van der Waals surface area contributed by atoms with E-state index in [9.17, 15) is 13.2 Å². The van der Waals surface area contributed by atoms with Crippen LogP contribution < -0.4 is 5.32 Å². The van der Waals surface area contributed by atoms with Crippen LogP contribution in [0.15, 0.2) is 0 Å². The molecule has 0 atom stereocenters. The van der Waals surface area contributed by atoms with Crippen molar-refractivity contribution in [3.05, 3.63) is 0 Å². The van der Waals surface area contributed by atoms with Gasteiger partial charge in [-0.3, -0.25) is 9.69 Å². The molecule has 1 heterocycles. The number of hydrogen-bond donors (Lipinski definition) is 1. The summed E-state index contributed by atoms with van der Waals surface area (Å²) in [5, 5.41) is 2.65. The molecule has 1 rings (SSSR count). The Kier molecular flexibility index (Phi) is 7.33.